The first kappa shape index (κ1) is 19.9. The Bertz CT molecular complexity index is 848. The smallest absolute Gasteiger partial charge is 0.361 e. The number of carbonyl (C=O) groups excluding carboxylic acids is 1. The Labute approximate surface area is 176 Å². The quantitative estimate of drug-likeness (QED) is 0.292. The predicted octanol–water partition coefficient (Wildman–Crippen LogP) is 0.602. The van der Waals surface area contributed by atoms with E-state index in [1.165, 1.54) is 0 Å². The molecule has 4 fully saturated rings. The SMILES string of the molecule is CCOC(=O)C[N+]12CCN3CC[N+]4(Cc5ccc([N+](=O)[O-])cc5)CCN(CC1)C4C32. The minimum atomic E-state index is -0.340. The average molecular weight is 418 g/mol. The van der Waals surface area contributed by atoms with E-state index >= 15 is 0 Å². The molecule has 5 rings (SSSR count). The van der Waals surface area contributed by atoms with Crippen molar-refractivity contribution in [3.63, 3.8) is 0 Å². The van der Waals surface area contributed by atoms with Crippen molar-refractivity contribution < 1.29 is 23.4 Å². The van der Waals surface area contributed by atoms with Crippen LogP contribution in [0.2, 0.25) is 0 Å². The van der Waals surface area contributed by atoms with Crippen molar-refractivity contribution in [3.05, 3.63) is 39.9 Å². The molecule has 0 N–H and O–H groups in total. The number of nitro groups is 1. The summed E-state index contributed by atoms with van der Waals surface area (Å²) >= 11 is 0. The van der Waals surface area contributed by atoms with Gasteiger partial charge in [0.25, 0.3) is 5.69 Å². The maximum Gasteiger partial charge on any atom is 0.361 e. The van der Waals surface area contributed by atoms with Crippen LogP contribution in [0.15, 0.2) is 24.3 Å². The second kappa shape index (κ2) is 7.26. The Morgan fingerprint density at radius 3 is 2.10 bits per heavy atom. The third-order valence-electron chi connectivity index (χ3n) is 7.86. The lowest BCUT2D eigenvalue weighted by molar-refractivity contribution is -1.03. The molecule has 4 saturated heterocycles. The van der Waals surface area contributed by atoms with Gasteiger partial charge in [0.2, 0.25) is 12.3 Å². The highest BCUT2D eigenvalue weighted by atomic mass is 16.6. The zero-order valence-electron chi connectivity index (χ0n) is 17.6. The van der Waals surface area contributed by atoms with Crippen molar-refractivity contribution in [2.24, 2.45) is 0 Å². The molecular weight excluding hydrogens is 386 g/mol. The summed E-state index contributed by atoms with van der Waals surface area (Å²) in [6, 6.07) is 7.07. The van der Waals surface area contributed by atoms with Crippen molar-refractivity contribution in [1.29, 1.82) is 0 Å². The normalized spacial score (nSPS) is 35.2. The molecule has 0 aliphatic carbocycles. The Kier molecular flexibility index (Phi) is 4.81. The van der Waals surface area contributed by atoms with Gasteiger partial charge in [-0.2, -0.15) is 0 Å². The molecule has 4 aliphatic rings. The Morgan fingerprint density at radius 1 is 1.03 bits per heavy atom. The highest BCUT2D eigenvalue weighted by Gasteiger charge is 2.67. The highest BCUT2D eigenvalue weighted by Crippen LogP contribution is 2.44. The summed E-state index contributed by atoms with van der Waals surface area (Å²) in [4.78, 5) is 28.4. The van der Waals surface area contributed by atoms with Gasteiger partial charge in [0.1, 0.15) is 6.54 Å². The standard InChI is InChI=1S/C21H31N5O4/c1-2-30-19(27)16-26-13-9-22-7-11-25(12-8-23(10-14-26)21(26)20(22)25)15-17-3-5-18(6-4-17)24(28)29/h3-6,20-21H,2,7-16H2,1H3/q+2. The van der Waals surface area contributed by atoms with E-state index in [1.54, 1.807) is 12.1 Å². The van der Waals surface area contributed by atoms with Crippen LogP contribution < -0.4 is 0 Å². The van der Waals surface area contributed by atoms with Gasteiger partial charge in [-0.05, 0) is 19.1 Å². The third kappa shape index (κ3) is 3.03. The summed E-state index contributed by atoms with van der Waals surface area (Å²) in [5.74, 6) is -0.0789. The Hall–Kier alpha value is -2.07. The number of hydrogen-bond donors (Lipinski definition) is 0. The minimum Gasteiger partial charge on any atom is -0.462 e. The molecule has 9 heteroatoms. The lowest BCUT2D eigenvalue weighted by Gasteiger charge is -2.56. The fraction of sp³-hybridized carbons (Fsp3) is 0.667. The van der Waals surface area contributed by atoms with Gasteiger partial charge in [-0.25, -0.2) is 14.6 Å². The summed E-state index contributed by atoms with van der Waals surface area (Å²) in [5.41, 5.74) is 1.30. The largest absolute Gasteiger partial charge is 0.462 e. The van der Waals surface area contributed by atoms with Crippen LogP contribution in [0.5, 0.6) is 0 Å². The molecule has 0 spiro atoms. The Morgan fingerprint density at radius 2 is 1.57 bits per heavy atom. The Balaban J connectivity index is 1.44. The third-order valence-corrected chi connectivity index (χ3v) is 7.86. The van der Waals surface area contributed by atoms with E-state index in [9.17, 15) is 14.9 Å². The van der Waals surface area contributed by atoms with E-state index in [0.29, 0.717) is 25.5 Å². The monoisotopic (exact) mass is 417 g/mol. The number of quaternary nitrogens is 2. The molecule has 0 amide bonds. The molecule has 4 unspecified atom stereocenters. The molecule has 9 nitrogen and oxygen atoms in total. The average Bonchev–Trinajstić information content (AvgIpc) is 3.27. The fourth-order valence-electron chi connectivity index (χ4n) is 6.51. The molecule has 0 bridgehead atoms. The van der Waals surface area contributed by atoms with Crippen LogP contribution in [0.1, 0.15) is 12.5 Å². The first-order valence-corrected chi connectivity index (χ1v) is 11.0. The molecule has 0 aromatic heterocycles. The molecule has 4 heterocycles. The maximum atomic E-state index is 12.5. The van der Waals surface area contributed by atoms with E-state index in [0.717, 1.165) is 73.4 Å². The number of nitrogens with zero attached hydrogens (tertiary/aromatic N) is 5. The molecule has 1 aromatic carbocycles. The van der Waals surface area contributed by atoms with Crippen LogP contribution in [-0.4, -0.2) is 107 Å². The highest BCUT2D eigenvalue weighted by molar-refractivity contribution is 5.70. The molecular formula is C21H31N5O4+2. The van der Waals surface area contributed by atoms with Crippen molar-refractivity contribution in [1.82, 2.24) is 9.80 Å². The number of non-ortho nitro benzene ring substituents is 1. The molecule has 30 heavy (non-hydrogen) atoms. The van der Waals surface area contributed by atoms with Gasteiger partial charge in [0, 0.05) is 17.7 Å². The second-order valence-corrected chi connectivity index (χ2v) is 9.28. The van der Waals surface area contributed by atoms with Crippen LogP contribution in [-0.2, 0) is 16.1 Å². The number of nitro benzene ring substituents is 1. The topological polar surface area (TPSA) is 75.9 Å². The molecule has 4 aliphatic heterocycles. The number of piperazine rings is 2. The summed E-state index contributed by atoms with van der Waals surface area (Å²) in [7, 11) is 0. The molecule has 162 valence electrons. The minimum absolute atomic E-state index is 0.0789. The second-order valence-electron chi connectivity index (χ2n) is 9.28. The van der Waals surface area contributed by atoms with Crippen molar-refractivity contribution >= 4 is 11.7 Å². The van der Waals surface area contributed by atoms with E-state index in [2.05, 4.69) is 9.80 Å². The number of esters is 1. The van der Waals surface area contributed by atoms with Gasteiger partial charge in [-0.3, -0.25) is 19.1 Å². The van der Waals surface area contributed by atoms with Crippen molar-refractivity contribution in [2.45, 2.75) is 25.8 Å². The molecule has 1 aromatic rings. The summed E-state index contributed by atoms with van der Waals surface area (Å²) in [5, 5.41) is 11.0. The van der Waals surface area contributed by atoms with Gasteiger partial charge >= 0.3 is 5.97 Å². The van der Waals surface area contributed by atoms with Crippen LogP contribution in [0.3, 0.4) is 0 Å². The van der Waals surface area contributed by atoms with Crippen molar-refractivity contribution in [3.8, 4) is 0 Å². The number of ether oxygens (including phenoxy) is 1. The van der Waals surface area contributed by atoms with Crippen LogP contribution in [0.25, 0.3) is 0 Å². The van der Waals surface area contributed by atoms with Gasteiger partial charge in [0.15, 0.2) is 6.54 Å². The number of benzene rings is 1. The van der Waals surface area contributed by atoms with Crippen molar-refractivity contribution in [2.75, 3.05) is 65.5 Å². The number of hydrogen-bond acceptors (Lipinski definition) is 6. The fourth-order valence-corrected chi connectivity index (χ4v) is 6.51. The zero-order chi connectivity index (χ0) is 20.9. The predicted molar refractivity (Wildman–Crippen MR) is 109 cm³/mol. The molecule has 0 radical (unpaired) electrons. The molecule has 0 saturated carbocycles. The van der Waals surface area contributed by atoms with Crippen LogP contribution in [0.4, 0.5) is 5.69 Å². The van der Waals surface area contributed by atoms with E-state index < -0.39 is 0 Å². The van der Waals surface area contributed by atoms with Gasteiger partial charge in [-0.15, -0.1) is 0 Å². The van der Waals surface area contributed by atoms with E-state index in [-0.39, 0.29) is 16.6 Å². The van der Waals surface area contributed by atoms with Gasteiger partial charge in [-0.1, -0.05) is 0 Å². The number of rotatable bonds is 6. The zero-order valence-corrected chi connectivity index (χ0v) is 17.6. The first-order chi connectivity index (χ1) is 14.5. The number of carbonyl (C=O) groups is 1. The summed E-state index contributed by atoms with van der Waals surface area (Å²) in [6.45, 7) is 12.1. The summed E-state index contributed by atoms with van der Waals surface area (Å²) in [6.07, 6.45) is 0.706. The maximum absolute atomic E-state index is 12.5. The van der Waals surface area contributed by atoms with E-state index in [4.69, 9.17) is 4.74 Å². The lowest BCUT2D eigenvalue weighted by atomic mass is 10.0. The van der Waals surface area contributed by atoms with Gasteiger partial charge in [0.05, 0.1) is 63.9 Å². The molecule has 4 atom stereocenters. The van der Waals surface area contributed by atoms with Gasteiger partial charge < -0.3 is 4.74 Å². The van der Waals surface area contributed by atoms with Crippen LogP contribution in [0, 0.1) is 10.1 Å². The van der Waals surface area contributed by atoms with E-state index in [1.807, 2.05) is 19.1 Å². The first-order valence-electron chi connectivity index (χ1n) is 11.0. The van der Waals surface area contributed by atoms with Crippen LogP contribution >= 0.6 is 0 Å². The summed E-state index contributed by atoms with van der Waals surface area (Å²) < 4.78 is 7.18. The lowest BCUT2D eigenvalue weighted by Crippen LogP contribution is -2.78.